The zero-order chi connectivity index (χ0) is 18.7. The predicted octanol–water partition coefficient (Wildman–Crippen LogP) is 5.47. The molecule has 1 N–H and O–H groups in total. The summed E-state index contributed by atoms with van der Waals surface area (Å²) < 4.78 is 34.0. The third-order valence-electron chi connectivity index (χ3n) is 4.28. The summed E-state index contributed by atoms with van der Waals surface area (Å²) in [4.78, 5) is -0.0601. The Kier molecular flexibility index (Phi) is 5.25. The van der Waals surface area contributed by atoms with E-state index >= 15 is 0 Å². The van der Waals surface area contributed by atoms with E-state index in [4.69, 9.17) is 0 Å². The lowest BCUT2D eigenvalue weighted by molar-refractivity contribution is 0.483. The summed E-state index contributed by atoms with van der Waals surface area (Å²) in [5.74, 6) is 0.415. The van der Waals surface area contributed by atoms with Gasteiger partial charge in [-0.05, 0) is 40.7 Å². The van der Waals surface area contributed by atoms with Gasteiger partial charge in [0.05, 0.1) is 0 Å². The maximum atomic E-state index is 12.1. The maximum absolute atomic E-state index is 12.1. The van der Waals surface area contributed by atoms with Gasteiger partial charge in [0, 0.05) is 5.56 Å². The molecule has 3 rings (SSSR count). The fourth-order valence-electron chi connectivity index (χ4n) is 3.28. The second-order valence-corrected chi connectivity index (χ2v) is 8.17. The van der Waals surface area contributed by atoms with E-state index in [1.54, 1.807) is 0 Å². The third kappa shape index (κ3) is 3.87. The van der Waals surface area contributed by atoms with Gasteiger partial charge in [-0.2, -0.15) is 8.42 Å². The van der Waals surface area contributed by atoms with Gasteiger partial charge in [-0.1, -0.05) is 80.6 Å². The summed E-state index contributed by atoms with van der Waals surface area (Å²) in [7, 11) is -4.36. The van der Waals surface area contributed by atoms with Crippen molar-refractivity contribution in [3.05, 3.63) is 78.4 Å². The molecule has 0 heterocycles. The zero-order valence-electron chi connectivity index (χ0n) is 14.9. The Hall–Kier alpha value is -2.43. The van der Waals surface area contributed by atoms with E-state index < -0.39 is 10.1 Å². The van der Waals surface area contributed by atoms with Gasteiger partial charge in [-0.15, -0.1) is 0 Å². The van der Waals surface area contributed by atoms with Gasteiger partial charge >= 0.3 is 0 Å². The highest BCUT2D eigenvalue weighted by atomic mass is 32.2. The Labute approximate surface area is 155 Å². The van der Waals surface area contributed by atoms with E-state index in [0.29, 0.717) is 11.5 Å². The van der Waals surface area contributed by atoms with Crippen molar-refractivity contribution < 1.29 is 13.0 Å². The Bertz CT molecular complexity index is 992. The summed E-state index contributed by atoms with van der Waals surface area (Å²) in [6.45, 7) is 4.27. The molecule has 0 aliphatic rings. The van der Waals surface area contributed by atoms with Crippen molar-refractivity contribution in [1.29, 1.82) is 0 Å². The van der Waals surface area contributed by atoms with E-state index in [2.05, 4.69) is 13.8 Å². The molecule has 0 aliphatic carbocycles. The Balaban J connectivity index is 2.43. The molecule has 0 saturated heterocycles. The highest BCUT2D eigenvalue weighted by molar-refractivity contribution is 7.86. The molecule has 0 unspecified atom stereocenters. The standard InChI is InChI=1S/C22H22O3S/c1-16(2)15-19-13-14-20(26(23,24)25)22(18-11-7-4-8-12-18)21(19)17-9-5-3-6-10-17/h3-14,16H,15H2,1-2H3,(H,23,24,25). The topological polar surface area (TPSA) is 54.4 Å². The van der Waals surface area contributed by atoms with Gasteiger partial charge in [0.25, 0.3) is 10.1 Å². The van der Waals surface area contributed by atoms with Gasteiger partial charge in [-0.3, -0.25) is 4.55 Å². The highest BCUT2D eigenvalue weighted by Gasteiger charge is 2.23. The molecule has 0 atom stereocenters. The Morgan fingerprint density at radius 1 is 0.769 bits per heavy atom. The Morgan fingerprint density at radius 3 is 1.73 bits per heavy atom. The first-order chi connectivity index (χ1) is 12.4. The lowest BCUT2D eigenvalue weighted by Gasteiger charge is -2.19. The lowest BCUT2D eigenvalue weighted by atomic mass is 9.87. The average molecular weight is 366 g/mol. The van der Waals surface area contributed by atoms with Crippen LogP contribution in [-0.4, -0.2) is 13.0 Å². The van der Waals surface area contributed by atoms with Crippen molar-refractivity contribution in [2.24, 2.45) is 5.92 Å². The van der Waals surface area contributed by atoms with Crippen LogP contribution in [0.1, 0.15) is 19.4 Å². The van der Waals surface area contributed by atoms with Crippen LogP contribution in [0.25, 0.3) is 22.3 Å². The molecule has 0 amide bonds. The number of hydrogen-bond acceptors (Lipinski definition) is 2. The first-order valence-corrected chi connectivity index (χ1v) is 10.1. The van der Waals surface area contributed by atoms with Gasteiger partial charge in [0.1, 0.15) is 4.90 Å². The number of benzene rings is 3. The smallest absolute Gasteiger partial charge is 0.282 e. The molecule has 0 bridgehead atoms. The van der Waals surface area contributed by atoms with Crippen LogP contribution in [0.5, 0.6) is 0 Å². The maximum Gasteiger partial charge on any atom is 0.295 e. The summed E-state index contributed by atoms with van der Waals surface area (Å²) in [5.41, 5.74) is 4.19. The minimum absolute atomic E-state index is 0.0601. The van der Waals surface area contributed by atoms with Gasteiger partial charge in [0.15, 0.2) is 0 Å². The normalized spacial score (nSPS) is 11.7. The van der Waals surface area contributed by atoms with E-state index in [9.17, 15) is 13.0 Å². The third-order valence-corrected chi connectivity index (χ3v) is 5.18. The van der Waals surface area contributed by atoms with E-state index in [-0.39, 0.29) is 4.90 Å². The molecular formula is C22H22O3S. The largest absolute Gasteiger partial charge is 0.295 e. The molecule has 3 aromatic carbocycles. The molecule has 26 heavy (non-hydrogen) atoms. The fourth-order valence-corrected chi connectivity index (χ4v) is 4.00. The van der Waals surface area contributed by atoms with Crippen LogP contribution in [0.2, 0.25) is 0 Å². The number of hydrogen-bond donors (Lipinski definition) is 1. The van der Waals surface area contributed by atoms with Crippen molar-refractivity contribution in [2.75, 3.05) is 0 Å². The lowest BCUT2D eigenvalue weighted by Crippen LogP contribution is -2.06. The van der Waals surface area contributed by atoms with Crippen LogP contribution >= 0.6 is 0 Å². The fraction of sp³-hybridized carbons (Fsp3) is 0.182. The molecule has 134 valence electrons. The monoisotopic (exact) mass is 366 g/mol. The molecule has 0 aromatic heterocycles. The van der Waals surface area contributed by atoms with Crippen molar-refractivity contribution in [3.8, 4) is 22.3 Å². The van der Waals surface area contributed by atoms with Crippen LogP contribution in [0.3, 0.4) is 0 Å². The first kappa shape index (κ1) is 18.4. The highest BCUT2D eigenvalue weighted by Crippen LogP contribution is 2.40. The minimum atomic E-state index is -4.36. The first-order valence-electron chi connectivity index (χ1n) is 8.62. The minimum Gasteiger partial charge on any atom is -0.282 e. The molecular weight excluding hydrogens is 344 g/mol. The van der Waals surface area contributed by atoms with Crippen LogP contribution in [0.4, 0.5) is 0 Å². The van der Waals surface area contributed by atoms with Crippen molar-refractivity contribution in [2.45, 2.75) is 25.2 Å². The molecule has 0 fully saturated rings. The number of rotatable bonds is 5. The molecule has 0 radical (unpaired) electrons. The van der Waals surface area contributed by atoms with E-state index in [1.165, 1.54) is 6.07 Å². The Morgan fingerprint density at radius 2 is 1.27 bits per heavy atom. The molecule has 3 aromatic rings. The molecule has 3 nitrogen and oxygen atoms in total. The van der Waals surface area contributed by atoms with Crippen molar-refractivity contribution >= 4 is 10.1 Å². The second-order valence-electron chi connectivity index (χ2n) is 6.78. The van der Waals surface area contributed by atoms with Gasteiger partial charge < -0.3 is 0 Å². The molecule has 0 saturated carbocycles. The van der Waals surface area contributed by atoms with Crippen LogP contribution in [0.15, 0.2) is 77.7 Å². The summed E-state index contributed by atoms with van der Waals surface area (Å²) in [6.07, 6.45) is 0.815. The van der Waals surface area contributed by atoms with Crippen LogP contribution in [-0.2, 0) is 16.5 Å². The molecule has 0 aliphatic heterocycles. The average Bonchev–Trinajstić information content (AvgIpc) is 2.61. The van der Waals surface area contributed by atoms with Crippen molar-refractivity contribution in [1.82, 2.24) is 0 Å². The SMILES string of the molecule is CC(C)Cc1ccc(S(=O)(=O)O)c(-c2ccccc2)c1-c1ccccc1. The summed E-state index contributed by atoms with van der Waals surface area (Å²) in [6, 6.07) is 22.4. The van der Waals surface area contributed by atoms with Crippen molar-refractivity contribution in [3.63, 3.8) is 0 Å². The predicted molar refractivity (Wildman–Crippen MR) is 106 cm³/mol. The quantitative estimate of drug-likeness (QED) is 0.610. The summed E-state index contributed by atoms with van der Waals surface area (Å²) >= 11 is 0. The van der Waals surface area contributed by atoms with Gasteiger partial charge in [0.2, 0.25) is 0 Å². The van der Waals surface area contributed by atoms with E-state index in [1.807, 2.05) is 66.7 Å². The van der Waals surface area contributed by atoms with Crippen LogP contribution in [0, 0.1) is 5.92 Å². The molecule has 4 heteroatoms. The van der Waals surface area contributed by atoms with Gasteiger partial charge in [-0.25, -0.2) is 0 Å². The second kappa shape index (κ2) is 7.44. The summed E-state index contributed by atoms with van der Waals surface area (Å²) in [5, 5.41) is 0. The van der Waals surface area contributed by atoms with Crippen LogP contribution < -0.4 is 0 Å². The van der Waals surface area contributed by atoms with E-state index in [0.717, 1.165) is 28.7 Å². The zero-order valence-corrected chi connectivity index (χ0v) is 15.7. The molecule has 0 spiro atoms.